The third-order valence-electron chi connectivity index (χ3n) is 1.20. The second-order valence-corrected chi connectivity index (χ2v) is 2.73. The van der Waals surface area contributed by atoms with Crippen molar-refractivity contribution in [2.24, 2.45) is 0 Å². The number of phenols is 1. The quantitative estimate of drug-likeness (QED) is 0.742. The third kappa shape index (κ3) is 1.70. The van der Waals surface area contributed by atoms with Crippen LogP contribution in [0.15, 0.2) is 12.1 Å². The highest BCUT2D eigenvalue weighted by Crippen LogP contribution is 2.35. The smallest absolute Gasteiger partial charge is 0.142 e. The first-order valence-corrected chi connectivity index (χ1v) is 3.62. The number of benzene rings is 1. The molecule has 0 aliphatic carbocycles. The fourth-order valence-corrected chi connectivity index (χ4v) is 1.09. The molecule has 0 heterocycles. The molecular weight excluding hydrogens is 187 g/mol. The molecule has 0 amide bonds. The van der Waals surface area contributed by atoms with E-state index in [-0.39, 0.29) is 10.8 Å². The number of hydrogen-bond donors (Lipinski definition) is 1. The van der Waals surface area contributed by atoms with Crippen LogP contribution in [-0.2, 0) is 0 Å². The van der Waals surface area contributed by atoms with E-state index < -0.39 is 0 Å². The molecule has 60 valence electrons. The Kier molecular flexibility index (Phi) is 2.47. The SMILES string of the molecule is COc1cc(O)cc(Cl)c1Cl. The molecule has 11 heavy (non-hydrogen) atoms. The van der Waals surface area contributed by atoms with Gasteiger partial charge >= 0.3 is 0 Å². The first kappa shape index (κ1) is 8.50. The molecule has 1 aromatic rings. The van der Waals surface area contributed by atoms with Crippen LogP contribution in [0.3, 0.4) is 0 Å². The number of rotatable bonds is 1. The van der Waals surface area contributed by atoms with E-state index in [2.05, 4.69) is 0 Å². The van der Waals surface area contributed by atoms with Crippen LogP contribution in [0.25, 0.3) is 0 Å². The summed E-state index contributed by atoms with van der Waals surface area (Å²) < 4.78 is 4.83. The van der Waals surface area contributed by atoms with Gasteiger partial charge in [0, 0.05) is 12.1 Å². The molecule has 0 aliphatic heterocycles. The number of aromatic hydroxyl groups is 1. The molecule has 4 heteroatoms. The van der Waals surface area contributed by atoms with E-state index >= 15 is 0 Å². The predicted octanol–water partition coefficient (Wildman–Crippen LogP) is 2.71. The Bertz CT molecular complexity index is 273. The fraction of sp³-hybridized carbons (Fsp3) is 0.143. The molecule has 2 nitrogen and oxygen atoms in total. The van der Waals surface area contributed by atoms with Crippen molar-refractivity contribution in [2.45, 2.75) is 0 Å². The zero-order valence-electron chi connectivity index (χ0n) is 5.77. The van der Waals surface area contributed by atoms with Gasteiger partial charge < -0.3 is 9.84 Å². The molecule has 0 atom stereocenters. The minimum Gasteiger partial charge on any atom is -0.508 e. The number of methoxy groups -OCH3 is 1. The summed E-state index contributed by atoms with van der Waals surface area (Å²) >= 11 is 11.3. The molecule has 0 fully saturated rings. The van der Waals surface area contributed by atoms with Crippen LogP contribution in [0.4, 0.5) is 0 Å². The normalized spacial score (nSPS) is 9.73. The first-order valence-electron chi connectivity index (χ1n) is 2.87. The first-order chi connectivity index (χ1) is 5.15. The van der Waals surface area contributed by atoms with Gasteiger partial charge in [0.2, 0.25) is 0 Å². The van der Waals surface area contributed by atoms with Crippen LogP contribution in [0.5, 0.6) is 11.5 Å². The van der Waals surface area contributed by atoms with E-state index in [4.69, 9.17) is 33.0 Å². The van der Waals surface area contributed by atoms with Gasteiger partial charge in [0.15, 0.2) is 0 Å². The van der Waals surface area contributed by atoms with Crippen molar-refractivity contribution in [3.05, 3.63) is 22.2 Å². The molecule has 0 spiro atoms. The molecule has 0 saturated carbocycles. The third-order valence-corrected chi connectivity index (χ3v) is 1.98. The van der Waals surface area contributed by atoms with Crippen molar-refractivity contribution in [3.8, 4) is 11.5 Å². The Morgan fingerprint density at radius 2 is 2.00 bits per heavy atom. The monoisotopic (exact) mass is 192 g/mol. The second kappa shape index (κ2) is 3.20. The maximum absolute atomic E-state index is 9.03. The maximum atomic E-state index is 9.03. The van der Waals surface area contributed by atoms with Crippen molar-refractivity contribution in [3.63, 3.8) is 0 Å². The lowest BCUT2D eigenvalue weighted by molar-refractivity contribution is 0.408. The van der Waals surface area contributed by atoms with Crippen molar-refractivity contribution in [2.75, 3.05) is 7.11 Å². The Hall–Kier alpha value is -0.600. The Morgan fingerprint density at radius 1 is 1.36 bits per heavy atom. The molecule has 0 aromatic heterocycles. The van der Waals surface area contributed by atoms with Gasteiger partial charge in [-0.3, -0.25) is 0 Å². The van der Waals surface area contributed by atoms with Gasteiger partial charge in [-0.1, -0.05) is 23.2 Å². The molecule has 1 N–H and O–H groups in total. The molecule has 0 radical (unpaired) electrons. The molecular formula is C7H6Cl2O2. The van der Waals surface area contributed by atoms with Gasteiger partial charge in [-0.25, -0.2) is 0 Å². The van der Waals surface area contributed by atoms with Crippen LogP contribution in [0.1, 0.15) is 0 Å². The van der Waals surface area contributed by atoms with Gasteiger partial charge in [-0.2, -0.15) is 0 Å². The minimum absolute atomic E-state index is 0.0382. The van der Waals surface area contributed by atoms with E-state index in [9.17, 15) is 0 Å². The molecule has 1 rings (SSSR count). The van der Waals surface area contributed by atoms with E-state index in [0.717, 1.165) is 0 Å². The molecule has 0 unspecified atom stereocenters. The van der Waals surface area contributed by atoms with Crippen LogP contribution in [0, 0.1) is 0 Å². The van der Waals surface area contributed by atoms with Crippen molar-refractivity contribution >= 4 is 23.2 Å². The summed E-state index contributed by atoms with van der Waals surface area (Å²) in [6.45, 7) is 0. The summed E-state index contributed by atoms with van der Waals surface area (Å²) in [5.74, 6) is 0.410. The largest absolute Gasteiger partial charge is 0.508 e. The molecule has 1 aromatic carbocycles. The number of phenolic OH excluding ortho intramolecular Hbond substituents is 1. The van der Waals surface area contributed by atoms with Crippen molar-refractivity contribution < 1.29 is 9.84 Å². The zero-order chi connectivity index (χ0) is 8.43. The van der Waals surface area contributed by atoms with Gasteiger partial charge in [0.25, 0.3) is 0 Å². The molecule has 0 aliphatic rings. The average molecular weight is 193 g/mol. The number of halogens is 2. The number of ether oxygens (including phenoxy) is 1. The predicted molar refractivity (Wildman–Crippen MR) is 44.7 cm³/mol. The summed E-state index contributed by atoms with van der Waals surface area (Å²) in [4.78, 5) is 0. The summed E-state index contributed by atoms with van der Waals surface area (Å²) in [6.07, 6.45) is 0. The van der Waals surface area contributed by atoms with E-state index in [1.807, 2.05) is 0 Å². The van der Waals surface area contributed by atoms with Crippen LogP contribution < -0.4 is 4.74 Å². The summed E-state index contributed by atoms with van der Waals surface area (Å²) in [5, 5.41) is 9.62. The molecule has 0 bridgehead atoms. The van der Waals surface area contributed by atoms with E-state index in [1.54, 1.807) is 0 Å². The lowest BCUT2D eigenvalue weighted by atomic mass is 10.3. The van der Waals surface area contributed by atoms with Gasteiger partial charge in [0.05, 0.1) is 12.1 Å². The maximum Gasteiger partial charge on any atom is 0.142 e. The highest BCUT2D eigenvalue weighted by molar-refractivity contribution is 6.43. The molecule has 0 saturated heterocycles. The lowest BCUT2D eigenvalue weighted by Crippen LogP contribution is -1.83. The van der Waals surface area contributed by atoms with Crippen LogP contribution in [-0.4, -0.2) is 12.2 Å². The van der Waals surface area contributed by atoms with Crippen LogP contribution in [0.2, 0.25) is 10.0 Å². The lowest BCUT2D eigenvalue weighted by Gasteiger charge is -2.04. The Labute approximate surface area is 74.3 Å². The van der Waals surface area contributed by atoms with Crippen LogP contribution >= 0.6 is 23.2 Å². The topological polar surface area (TPSA) is 29.5 Å². The fourth-order valence-electron chi connectivity index (χ4n) is 0.699. The van der Waals surface area contributed by atoms with Crippen molar-refractivity contribution in [1.29, 1.82) is 0 Å². The van der Waals surface area contributed by atoms with Gasteiger partial charge in [0.1, 0.15) is 16.5 Å². The van der Waals surface area contributed by atoms with E-state index in [1.165, 1.54) is 19.2 Å². The highest BCUT2D eigenvalue weighted by atomic mass is 35.5. The van der Waals surface area contributed by atoms with E-state index in [0.29, 0.717) is 10.8 Å². The number of hydrogen-bond acceptors (Lipinski definition) is 2. The van der Waals surface area contributed by atoms with Crippen molar-refractivity contribution in [1.82, 2.24) is 0 Å². The van der Waals surface area contributed by atoms with Gasteiger partial charge in [-0.05, 0) is 0 Å². The standard InChI is InChI=1S/C7H6Cl2O2/c1-11-6-3-4(10)2-5(8)7(6)9/h2-3,10H,1H3. The zero-order valence-corrected chi connectivity index (χ0v) is 7.28. The Balaban J connectivity index is 3.24. The average Bonchev–Trinajstić information content (AvgIpc) is 1.96. The summed E-state index contributed by atoms with van der Waals surface area (Å²) in [6, 6.07) is 2.75. The highest BCUT2D eigenvalue weighted by Gasteiger charge is 2.06. The summed E-state index contributed by atoms with van der Waals surface area (Å²) in [7, 11) is 1.46. The second-order valence-electron chi connectivity index (χ2n) is 1.94. The minimum atomic E-state index is 0.0382. The Morgan fingerprint density at radius 3 is 2.55 bits per heavy atom. The van der Waals surface area contributed by atoms with Gasteiger partial charge in [-0.15, -0.1) is 0 Å². The summed E-state index contributed by atoms with van der Waals surface area (Å²) in [5.41, 5.74) is 0.